The van der Waals surface area contributed by atoms with Crippen molar-refractivity contribution in [3.63, 3.8) is 0 Å². The van der Waals surface area contributed by atoms with Gasteiger partial charge in [-0.2, -0.15) is 4.98 Å². The standard InChI is InChI=1S/C36H55N9O12/c1-25(42-31-32(39-3)44-36(37)45-34(31)49)24-41-27-6-4-26(5-7-27)33(48)43-28(35(50)51)8-9-30(47)40-11-13-53-15-17-55-19-21-57-23-22-56-20-18-54-16-14-52-12-10-29(46)38-2/h4-7,28,41H,3,8-24H2,1-2H3,(H,38,46)(H,40,47)(H,43,48)(H,50,51)(H3,37,44,45,49)/b42-25+/t28-/m0/s1. The summed E-state index contributed by atoms with van der Waals surface area (Å²) in [6.07, 6.45) is 0.0874. The van der Waals surface area contributed by atoms with Gasteiger partial charge in [0.15, 0.2) is 11.5 Å². The predicted molar refractivity (Wildman–Crippen MR) is 211 cm³/mol. The van der Waals surface area contributed by atoms with Gasteiger partial charge in [0.05, 0.1) is 85.8 Å². The SMILES string of the molecule is C=Nc1nc(N)[nH]c(=O)c1/N=C(\C)CNc1ccc(C(=O)N[C@@H](CCC(=O)NCCOCCOCCOCCOCCOCCOCCC(=O)NC)C(=O)O)cc1. The Balaban J connectivity index is 1.50. The van der Waals surface area contributed by atoms with Crippen molar-refractivity contribution in [2.24, 2.45) is 9.98 Å². The lowest BCUT2D eigenvalue weighted by atomic mass is 10.1. The van der Waals surface area contributed by atoms with Crippen LogP contribution in [0, 0.1) is 0 Å². The summed E-state index contributed by atoms with van der Waals surface area (Å²) in [6, 6.07) is 5.00. The number of nitrogens with two attached hydrogens (primary N) is 1. The second kappa shape index (κ2) is 29.0. The van der Waals surface area contributed by atoms with Crippen LogP contribution in [-0.2, 0) is 42.8 Å². The quantitative estimate of drug-likeness (QED) is 0.0384. The number of hydrogen-bond donors (Lipinski definition) is 7. The molecule has 0 aliphatic heterocycles. The van der Waals surface area contributed by atoms with Gasteiger partial charge >= 0.3 is 5.97 Å². The summed E-state index contributed by atoms with van der Waals surface area (Å²) >= 11 is 0. The monoisotopic (exact) mass is 805 g/mol. The average Bonchev–Trinajstić information content (AvgIpc) is 3.19. The molecule has 0 fully saturated rings. The molecule has 8 N–H and O–H groups in total. The van der Waals surface area contributed by atoms with E-state index in [-0.39, 0.29) is 67.4 Å². The van der Waals surface area contributed by atoms with Crippen LogP contribution in [0.15, 0.2) is 39.0 Å². The number of aromatic amines is 1. The van der Waals surface area contributed by atoms with Gasteiger partial charge in [-0.25, -0.2) is 14.8 Å². The summed E-state index contributed by atoms with van der Waals surface area (Å²) in [7, 11) is 1.58. The molecule has 0 saturated heterocycles. The molecule has 0 radical (unpaired) electrons. The maximum Gasteiger partial charge on any atom is 0.326 e. The summed E-state index contributed by atoms with van der Waals surface area (Å²) in [5.41, 5.74) is 6.32. The molecule has 21 heteroatoms. The third-order valence-corrected chi connectivity index (χ3v) is 7.49. The van der Waals surface area contributed by atoms with Gasteiger partial charge in [-0.1, -0.05) is 0 Å². The summed E-state index contributed by atoms with van der Waals surface area (Å²) in [6.45, 7) is 10.1. The average molecular weight is 806 g/mol. The molecule has 0 spiro atoms. The van der Waals surface area contributed by atoms with Gasteiger partial charge < -0.3 is 60.5 Å². The number of carbonyl (C=O) groups excluding carboxylic acids is 3. The molecule has 1 atom stereocenters. The lowest BCUT2D eigenvalue weighted by Crippen LogP contribution is -2.41. The first-order valence-electron chi connectivity index (χ1n) is 18.3. The number of nitrogens with one attached hydrogen (secondary N) is 5. The predicted octanol–water partition coefficient (Wildman–Crippen LogP) is 0.204. The highest BCUT2D eigenvalue weighted by molar-refractivity contribution is 5.97. The van der Waals surface area contributed by atoms with E-state index in [2.05, 4.69) is 47.9 Å². The Bertz CT molecular complexity index is 1620. The zero-order valence-corrected chi connectivity index (χ0v) is 32.5. The van der Waals surface area contributed by atoms with Crippen molar-refractivity contribution in [3.05, 3.63) is 40.2 Å². The van der Waals surface area contributed by atoms with E-state index in [1.54, 1.807) is 26.1 Å². The van der Waals surface area contributed by atoms with E-state index in [4.69, 9.17) is 34.2 Å². The van der Waals surface area contributed by atoms with Crippen molar-refractivity contribution in [2.75, 3.05) is 110 Å². The van der Waals surface area contributed by atoms with Crippen LogP contribution in [0.5, 0.6) is 0 Å². The highest BCUT2D eigenvalue weighted by Gasteiger charge is 2.22. The number of rotatable bonds is 32. The number of anilines is 2. The van der Waals surface area contributed by atoms with Crippen molar-refractivity contribution < 1.29 is 52.7 Å². The number of H-pyrrole nitrogens is 1. The zero-order chi connectivity index (χ0) is 41.7. The number of aliphatic carboxylic acids is 1. The Morgan fingerprint density at radius 1 is 0.842 bits per heavy atom. The van der Waals surface area contributed by atoms with Gasteiger partial charge in [0.2, 0.25) is 17.8 Å². The fourth-order valence-electron chi connectivity index (χ4n) is 4.50. The molecular weight excluding hydrogens is 750 g/mol. The fourth-order valence-corrected chi connectivity index (χ4v) is 4.50. The number of carboxylic acids is 1. The van der Waals surface area contributed by atoms with Crippen LogP contribution in [0.2, 0.25) is 0 Å². The number of carbonyl (C=O) groups is 4. The van der Waals surface area contributed by atoms with Crippen molar-refractivity contribution in [3.8, 4) is 0 Å². The second-order valence-electron chi connectivity index (χ2n) is 11.9. The largest absolute Gasteiger partial charge is 0.480 e. The van der Waals surface area contributed by atoms with Crippen LogP contribution in [0.4, 0.5) is 23.1 Å². The highest BCUT2D eigenvalue weighted by Crippen LogP contribution is 2.21. The van der Waals surface area contributed by atoms with Crippen LogP contribution in [-0.4, -0.2) is 157 Å². The van der Waals surface area contributed by atoms with E-state index in [9.17, 15) is 29.1 Å². The number of nitrogen functional groups attached to an aromatic ring is 1. The third kappa shape index (κ3) is 21.5. The molecule has 0 bridgehead atoms. The lowest BCUT2D eigenvalue weighted by Gasteiger charge is -2.15. The molecule has 1 aromatic carbocycles. The summed E-state index contributed by atoms with van der Waals surface area (Å²) in [5, 5.41) is 20.4. The number of ether oxygens (including phenoxy) is 6. The molecule has 2 rings (SSSR count). The Hall–Kier alpha value is -5.32. The minimum absolute atomic E-state index is 0.00354. The van der Waals surface area contributed by atoms with Crippen LogP contribution in [0.25, 0.3) is 0 Å². The maximum atomic E-state index is 12.8. The number of aliphatic imine (C=N–C) groups is 2. The number of benzene rings is 1. The highest BCUT2D eigenvalue weighted by atomic mass is 16.6. The molecule has 21 nitrogen and oxygen atoms in total. The Kier molecular flexibility index (Phi) is 24.3. The van der Waals surface area contributed by atoms with Gasteiger partial charge in [-0.3, -0.25) is 24.2 Å². The van der Waals surface area contributed by atoms with E-state index in [1.165, 1.54) is 12.1 Å². The molecule has 0 saturated carbocycles. The number of amides is 3. The molecule has 1 aromatic heterocycles. The summed E-state index contributed by atoms with van der Waals surface area (Å²) in [5.74, 6) is -2.43. The van der Waals surface area contributed by atoms with Gasteiger partial charge in [0.25, 0.3) is 11.5 Å². The van der Waals surface area contributed by atoms with Crippen molar-refractivity contribution in [1.29, 1.82) is 0 Å². The summed E-state index contributed by atoms with van der Waals surface area (Å²) < 4.78 is 32.4. The van der Waals surface area contributed by atoms with Crippen LogP contribution in [0.3, 0.4) is 0 Å². The van der Waals surface area contributed by atoms with Crippen LogP contribution >= 0.6 is 0 Å². The first kappa shape index (κ1) is 47.8. The van der Waals surface area contributed by atoms with E-state index < -0.39 is 23.5 Å². The van der Waals surface area contributed by atoms with Gasteiger partial charge in [-0.15, -0.1) is 0 Å². The Labute approximate surface area is 330 Å². The van der Waals surface area contributed by atoms with Gasteiger partial charge in [-0.05, 0) is 44.3 Å². The Morgan fingerprint density at radius 2 is 1.39 bits per heavy atom. The first-order chi connectivity index (χ1) is 27.5. The topological polar surface area (TPSA) is 288 Å². The molecular formula is C36H55N9O12. The van der Waals surface area contributed by atoms with Crippen LogP contribution < -0.4 is 32.6 Å². The first-order valence-corrected chi connectivity index (χ1v) is 18.3. The fraction of sp³-hybridized carbons (Fsp3) is 0.556. The number of carboxylic acid groups (broad SMARTS) is 1. The molecule has 0 aliphatic carbocycles. The zero-order valence-electron chi connectivity index (χ0n) is 32.5. The number of hydrogen-bond acceptors (Lipinski definition) is 16. The minimum atomic E-state index is -1.28. The number of nitrogens with zero attached hydrogens (tertiary/aromatic N) is 3. The lowest BCUT2D eigenvalue weighted by molar-refractivity contribution is -0.139. The van der Waals surface area contributed by atoms with E-state index in [0.717, 1.165) is 0 Å². The summed E-state index contributed by atoms with van der Waals surface area (Å²) in [4.78, 5) is 74.3. The molecule has 0 aliphatic rings. The second-order valence-corrected chi connectivity index (χ2v) is 11.9. The van der Waals surface area contributed by atoms with Crippen molar-refractivity contribution in [2.45, 2.75) is 32.2 Å². The molecule has 0 unspecified atom stereocenters. The van der Waals surface area contributed by atoms with Gasteiger partial charge in [0.1, 0.15) is 6.04 Å². The van der Waals surface area contributed by atoms with E-state index in [1.807, 2.05) is 0 Å². The van der Waals surface area contributed by atoms with Gasteiger partial charge in [0, 0.05) is 43.4 Å². The van der Waals surface area contributed by atoms with E-state index in [0.29, 0.717) is 90.5 Å². The third-order valence-electron chi connectivity index (χ3n) is 7.49. The number of aromatic nitrogens is 2. The maximum absolute atomic E-state index is 12.8. The normalized spacial score (nSPS) is 11.8. The molecule has 2 aromatic rings. The minimum Gasteiger partial charge on any atom is -0.480 e. The molecule has 1 heterocycles. The molecule has 57 heavy (non-hydrogen) atoms. The molecule has 316 valence electrons. The Morgan fingerprint density at radius 3 is 1.91 bits per heavy atom. The van der Waals surface area contributed by atoms with Crippen LogP contribution in [0.1, 0.15) is 36.5 Å². The smallest absolute Gasteiger partial charge is 0.326 e. The van der Waals surface area contributed by atoms with Crippen molar-refractivity contribution in [1.82, 2.24) is 25.9 Å². The van der Waals surface area contributed by atoms with E-state index >= 15 is 0 Å². The molecule has 3 amide bonds. The van der Waals surface area contributed by atoms with Crippen molar-refractivity contribution >= 4 is 59.3 Å².